The summed E-state index contributed by atoms with van der Waals surface area (Å²) in [6, 6.07) is 33.5. The number of ether oxygens (including phenoxy) is 2. The predicted molar refractivity (Wildman–Crippen MR) is 209 cm³/mol. The number of fused-ring (bicyclic) bond motifs is 2. The third-order valence-corrected chi connectivity index (χ3v) is 9.13. The van der Waals surface area contributed by atoms with Crippen LogP contribution in [0.3, 0.4) is 0 Å². The van der Waals surface area contributed by atoms with Gasteiger partial charge in [-0.05, 0) is 88.9 Å². The summed E-state index contributed by atoms with van der Waals surface area (Å²) in [4.78, 5) is 32.5. The Morgan fingerprint density at radius 3 is 1.80 bits per heavy atom. The molecule has 0 aliphatic rings. The van der Waals surface area contributed by atoms with Crippen molar-refractivity contribution in [2.45, 2.75) is 26.2 Å². The highest BCUT2D eigenvalue weighted by Gasteiger charge is 2.40. The molecule has 304 valence electrons. The molecule has 4 aromatic heterocycles. The number of carbonyl (C=O) groups excluding carboxylic acids is 2. The highest BCUT2D eigenvalue weighted by atomic mass is 19.4. The summed E-state index contributed by atoms with van der Waals surface area (Å²) in [5, 5.41) is 10.9. The summed E-state index contributed by atoms with van der Waals surface area (Å²) in [7, 11) is 0. The van der Waals surface area contributed by atoms with Crippen LogP contribution < -0.4 is 4.68 Å². The van der Waals surface area contributed by atoms with Gasteiger partial charge in [0, 0.05) is 23.4 Å². The molecule has 0 aliphatic carbocycles. The third-order valence-electron chi connectivity index (χ3n) is 9.13. The van der Waals surface area contributed by atoms with E-state index < -0.39 is 41.2 Å². The summed E-state index contributed by atoms with van der Waals surface area (Å²) < 4.78 is 93.5. The van der Waals surface area contributed by atoms with Crippen molar-refractivity contribution in [3.05, 3.63) is 156 Å². The molecule has 0 radical (unpaired) electrons. The van der Waals surface area contributed by atoms with E-state index in [1.54, 1.807) is 26.0 Å². The van der Waals surface area contributed by atoms with Crippen LogP contribution in [0.15, 0.2) is 134 Å². The number of H-pyrrole nitrogens is 1. The van der Waals surface area contributed by atoms with E-state index in [0.29, 0.717) is 22.5 Å². The van der Waals surface area contributed by atoms with Crippen LogP contribution in [0.5, 0.6) is 0 Å². The Kier molecular flexibility index (Phi) is 11.5. The van der Waals surface area contributed by atoms with E-state index in [4.69, 9.17) is 9.47 Å². The van der Waals surface area contributed by atoms with Crippen molar-refractivity contribution in [3.8, 4) is 34.2 Å². The molecule has 1 N–H and O–H groups in total. The molecule has 10 nitrogen and oxygen atoms in total. The van der Waals surface area contributed by atoms with Crippen molar-refractivity contribution < 1.29 is 50.1 Å². The van der Waals surface area contributed by atoms with Crippen molar-refractivity contribution in [1.82, 2.24) is 24.8 Å². The fourth-order valence-corrected chi connectivity index (χ4v) is 6.42. The van der Waals surface area contributed by atoms with Crippen LogP contribution >= 0.6 is 0 Å². The molecule has 8 rings (SSSR count). The molecule has 0 fully saturated rings. The van der Waals surface area contributed by atoms with Gasteiger partial charge in [-0.25, -0.2) is 24.4 Å². The van der Waals surface area contributed by atoms with E-state index in [1.165, 1.54) is 41.3 Å². The van der Waals surface area contributed by atoms with Crippen molar-refractivity contribution in [2.75, 3.05) is 13.2 Å². The summed E-state index contributed by atoms with van der Waals surface area (Å²) >= 11 is 0. The summed E-state index contributed by atoms with van der Waals surface area (Å²) in [5.74, 6) is -2.29. The molecule has 16 heteroatoms. The molecular formula is C44H33F6N6O4+. The zero-order valence-corrected chi connectivity index (χ0v) is 31.8. The van der Waals surface area contributed by atoms with Gasteiger partial charge in [0.05, 0.1) is 18.9 Å². The summed E-state index contributed by atoms with van der Waals surface area (Å²) in [5.41, 5.74) is -0.0571. The lowest BCUT2D eigenvalue weighted by molar-refractivity contribution is -0.649. The number of halogens is 6. The van der Waals surface area contributed by atoms with Crippen molar-refractivity contribution in [1.29, 1.82) is 0 Å². The zero-order valence-electron chi connectivity index (χ0n) is 31.8. The van der Waals surface area contributed by atoms with E-state index in [0.717, 1.165) is 38.4 Å². The fourth-order valence-electron chi connectivity index (χ4n) is 6.42. The van der Waals surface area contributed by atoms with Crippen molar-refractivity contribution in [2.24, 2.45) is 0 Å². The van der Waals surface area contributed by atoms with Gasteiger partial charge in [0.2, 0.25) is 0 Å². The van der Waals surface area contributed by atoms with Gasteiger partial charge in [0.1, 0.15) is 11.8 Å². The van der Waals surface area contributed by atoms with Crippen LogP contribution in [0.25, 0.3) is 55.7 Å². The number of carbonyl (C=O) groups is 2. The van der Waals surface area contributed by atoms with Gasteiger partial charge in [-0.15, -0.1) is 4.68 Å². The number of aromatic nitrogens is 6. The summed E-state index contributed by atoms with van der Waals surface area (Å²) in [6.45, 7) is 3.48. The van der Waals surface area contributed by atoms with Crippen LogP contribution in [0.2, 0.25) is 0 Å². The molecule has 0 spiro atoms. The normalized spacial score (nSPS) is 11.6. The average molecular weight is 824 g/mol. The van der Waals surface area contributed by atoms with Crippen LogP contribution in [-0.4, -0.2) is 50.0 Å². The second kappa shape index (κ2) is 16.9. The first-order chi connectivity index (χ1) is 28.8. The maximum Gasteiger partial charge on any atom is 0.424 e. The third kappa shape index (κ3) is 8.57. The Morgan fingerprint density at radius 2 is 1.18 bits per heavy atom. The zero-order chi connectivity index (χ0) is 42.6. The molecule has 60 heavy (non-hydrogen) atoms. The van der Waals surface area contributed by atoms with Gasteiger partial charge in [-0.3, -0.25) is 0 Å². The average Bonchev–Trinajstić information content (AvgIpc) is 3.90. The largest absolute Gasteiger partial charge is 0.461 e. The van der Waals surface area contributed by atoms with E-state index in [2.05, 4.69) is 20.2 Å². The Labute approximate surface area is 337 Å². The molecule has 0 atom stereocenters. The van der Waals surface area contributed by atoms with Crippen LogP contribution in [0, 0.1) is 0 Å². The standard InChI is InChI=1S/2C22H16F3N3O2/c1-2-30-21(29)18-13-19(16-10-9-14-6-3-4-7-15(14)12-16)28(27-18)20-17(22(23,24)25)8-5-11-26-20;1-2-30-21(29)19-13-18(16-10-9-14-6-3-4-7-15(14)12-16)27-28(19)20-17(22(23,24)25)8-5-11-26-20/h2*3-13H,2H2,1H3/p+1. The molecule has 0 amide bonds. The number of rotatable bonds is 8. The van der Waals surface area contributed by atoms with E-state index in [9.17, 15) is 35.9 Å². The number of nitrogens with zero attached hydrogens (tertiary/aromatic N) is 5. The SMILES string of the molecule is CCOC(=O)c1cc(-c2ccc3ccccc3c2)[n+](-c2ncccc2C(F)(F)F)[nH]1.CCOC(=O)c1cc(-c2ccc3ccccc3c2)nn1-c1ncccc1C(F)(F)F. The molecule has 0 saturated heterocycles. The number of nitrogens with one attached hydrogen (secondary N) is 1. The lowest BCUT2D eigenvalue weighted by Crippen LogP contribution is -2.39. The maximum atomic E-state index is 13.6. The number of pyridine rings is 2. The van der Waals surface area contributed by atoms with Gasteiger partial charge < -0.3 is 9.47 Å². The Hall–Kier alpha value is -7.36. The first-order valence-electron chi connectivity index (χ1n) is 18.4. The Morgan fingerprint density at radius 1 is 0.633 bits per heavy atom. The van der Waals surface area contributed by atoms with E-state index in [1.807, 2.05) is 72.8 Å². The van der Waals surface area contributed by atoms with E-state index in [-0.39, 0.29) is 30.4 Å². The molecular weight excluding hydrogens is 791 g/mol. The van der Waals surface area contributed by atoms with Gasteiger partial charge in [0.25, 0.3) is 0 Å². The number of hydrogen-bond donors (Lipinski definition) is 1. The molecule has 4 aromatic carbocycles. The fraction of sp³-hybridized carbons (Fsp3) is 0.136. The van der Waals surface area contributed by atoms with Crippen molar-refractivity contribution in [3.63, 3.8) is 0 Å². The molecule has 0 saturated carbocycles. The van der Waals surface area contributed by atoms with Gasteiger partial charge >= 0.3 is 30.1 Å². The summed E-state index contributed by atoms with van der Waals surface area (Å²) in [6.07, 6.45) is -6.79. The van der Waals surface area contributed by atoms with Gasteiger partial charge in [-0.2, -0.15) is 31.4 Å². The van der Waals surface area contributed by atoms with Gasteiger partial charge in [-0.1, -0.05) is 66.7 Å². The lowest BCUT2D eigenvalue weighted by atomic mass is 10.0. The first kappa shape index (κ1) is 40.8. The minimum atomic E-state index is -4.66. The second-order valence-electron chi connectivity index (χ2n) is 13.0. The second-order valence-corrected chi connectivity index (χ2v) is 13.0. The number of esters is 2. The maximum absolute atomic E-state index is 13.6. The molecule has 0 aliphatic heterocycles. The smallest absolute Gasteiger partial charge is 0.424 e. The van der Waals surface area contributed by atoms with Gasteiger partial charge in [0.15, 0.2) is 28.5 Å². The van der Waals surface area contributed by atoms with Crippen LogP contribution in [0.1, 0.15) is 46.0 Å². The van der Waals surface area contributed by atoms with Crippen LogP contribution in [0.4, 0.5) is 26.3 Å². The Bertz CT molecular complexity index is 2850. The minimum Gasteiger partial charge on any atom is -0.461 e. The lowest BCUT2D eigenvalue weighted by Gasteiger charge is -2.13. The predicted octanol–water partition coefficient (Wildman–Crippen LogP) is 9.99. The molecule has 0 unspecified atom stereocenters. The van der Waals surface area contributed by atoms with Crippen LogP contribution in [-0.2, 0) is 21.8 Å². The molecule has 8 aromatic rings. The molecule has 0 bridgehead atoms. The number of benzene rings is 4. The number of hydrogen-bond acceptors (Lipinski definition) is 7. The topological polar surface area (TPSA) is 116 Å². The quantitative estimate of drug-likeness (QED) is 0.0922. The van der Waals surface area contributed by atoms with E-state index >= 15 is 0 Å². The highest BCUT2D eigenvalue weighted by Crippen LogP contribution is 2.35. The van der Waals surface area contributed by atoms with Crippen molar-refractivity contribution >= 4 is 33.5 Å². The number of alkyl halides is 6. The minimum absolute atomic E-state index is 0.0267. The monoisotopic (exact) mass is 823 g/mol. The highest BCUT2D eigenvalue weighted by molar-refractivity contribution is 5.92. The number of aromatic amines is 1. The first-order valence-corrected chi connectivity index (χ1v) is 18.4. The molecule has 4 heterocycles. The Balaban J connectivity index is 0.000000181.